The van der Waals surface area contributed by atoms with Gasteiger partial charge in [-0.2, -0.15) is 0 Å². The van der Waals surface area contributed by atoms with Gasteiger partial charge in [-0.3, -0.25) is 4.79 Å². The second-order valence-electron chi connectivity index (χ2n) is 4.96. The van der Waals surface area contributed by atoms with Crippen LogP contribution in [0.25, 0.3) is 0 Å². The first kappa shape index (κ1) is 12.4. The van der Waals surface area contributed by atoms with E-state index in [9.17, 15) is 9.90 Å². The summed E-state index contributed by atoms with van der Waals surface area (Å²) in [6, 6.07) is 0. The van der Waals surface area contributed by atoms with Gasteiger partial charge in [0.1, 0.15) is 5.60 Å². The van der Waals surface area contributed by atoms with Crippen molar-refractivity contribution in [3.8, 4) is 0 Å². The van der Waals surface area contributed by atoms with E-state index in [1.165, 1.54) is 0 Å². The van der Waals surface area contributed by atoms with E-state index in [0.29, 0.717) is 25.2 Å². The Balaban J connectivity index is 2.35. The molecule has 0 radical (unpaired) electrons. The van der Waals surface area contributed by atoms with Crippen molar-refractivity contribution in [2.75, 3.05) is 0 Å². The van der Waals surface area contributed by atoms with E-state index in [1.54, 1.807) is 0 Å². The molecule has 1 atom stereocenters. The van der Waals surface area contributed by atoms with Gasteiger partial charge in [-0.05, 0) is 25.2 Å². The lowest BCUT2D eigenvalue weighted by Crippen LogP contribution is -2.39. The zero-order valence-corrected chi connectivity index (χ0v) is 9.83. The van der Waals surface area contributed by atoms with Crippen LogP contribution in [0.2, 0.25) is 0 Å². The van der Waals surface area contributed by atoms with E-state index in [1.807, 2.05) is 12.2 Å². The quantitative estimate of drug-likeness (QED) is 0.708. The van der Waals surface area contributed by atoms with Crippen LogP contribution in [-0.2, 0) is 4.79 Å². The van der Waals surface area contributed by atoms with Crippen LogP contribution in [0.5, 0.6) is 0 Å². The van der Waals surface area contributed by atoms with Crippen molar-refractivity contribution in [2.24, 2.45) is 5.92 Å². The standard InChI is InChI=1S/C13H22O2/c1-11(2)7-6-8-12(14)13(15)9-4-3-5-10-13/h3-4,11,15H,5-10H2,1-2H3. The molecule has 1 aliphatic carbocycles. The van der Waals surface area contributed by atoms with Gasteiger partial charge in [-0.15, -0.1) is 0 Å². The molecule has 2 nitrogen and oxygen atoms in total. The van der Waals surface area contributed by atoms with Gasteiger partial charge in [0.25, 0.3) is 0 Å². The lowest BCUT2D eigenvalue weighted by Gasteiger charge is -2.27. The van der Waals surface area contributed by atoms with Crippen LogP contribution in [0.1, 0.15) is 52.4 Å². The molecule has 0 fully saturated rings. The maximum atomic E-state index is 11.8. The van der Waals surface area contributed by atoms with E-state index in [2.05, 4.69) is 13.8 Å². The van der Waals surface area contributed by atoms with Gasteiger partial charge in [0.2, 0.25) is 0 Å². The van der Waals surface area contributed by atoms with Crippen LogP contribution in [0.15, 0.2) is 12.2 Å². The highest BCUT2D eigenvalue weighted by Gasteiger charge is 2.34. The maximum absolute atomic E-state index is 11.8. The average molecular weight is 210 g/mol. The molecule has 1 aliphatic rings. The molecule has 2 heteroatoms. The number of allylic oxidation sites excluding steroid dienone is 1. The van der Waals surface area contributed by atoms with Crippen molar-refractivity contribution in [3.63, 3.8) is 0 Å². The van der Waals surface area contributed by atoms with E-state index >= 15 is 0 Å². The fourth-order valence-corrected chi connectivity index (χ4v) is 1.98. The summed E-state index contributed by atoms with van der Waals surface area (Å²) in [5.74, 6) is 0.672. The van der Waals surface area contributed by atoms with Crippen LogP contribution in [0.4, 0.5) is 0 Å². The second kappa shape index (κ2) is 5.45. The molecule has 0 aliphatic heterocycles. The normalized spacial score (nSPS) is 25.9. The number of rotatable bonds is 5. The molecule has 1 N–H and O–H groups in total. The zero-order valence-electron chi connectivity index (χ0n) is 9.83. The third-order valence-corrected chi connectivity index (χ3v) is 3.05. The average Bonchev–Trinajstić information content (AvgIpc) is 2.18. The minimum Gasteiger partial charge on any atom is -0.382 e. The molecule has 1 rings (SSSR count). The number of hydrogen-bond acceptors (Lipinski definition) is 2. The molecular weight excluding hydrogens is 188 g/mol. The summed E-state index contributed by atoms with van der Waals surface area (Å²) in [7, 11) is 0. The van der Waals surface area contributed by atoms with Gasteiger partial charge in [-0.1, -0.05) is 32.4 Å². The summed E-state index contributed by atoms with van der Waals surface area (Å²) in [6.07, 6.45) is 8.40. The van der Waals surface area contributed by atoms with Crippen molar-refractivity contribution >= 4 is 5.78 Å². The Morgan fingerprint density at radius 1 is 1.47 bits per heavy atom. The first-order chi connectivity index (χ1) is 7.04. The summed E-state index contributed by atoms with van der Waals surface area (Å²) in [5.41, 5.74) is -1.05. The predicted octanol–water partition coefficient (Wildman–Crippen LogP) is 2.85. The molecule has 0 saturated carbocycles. The Morgan fingerprint density at radius 2 is 2.20 bits per heavy atom. The van der Waals surface area contributed by atoms with Crippen LogP contribution < -0.4 is 0 Å². The van der Waals surface area contributed by atoms with E-state index in [-0.39, 0.29) is 5.78 Å². The Bertz CT molecular complexity index is 243. The van der Waals surface area contributed by atoms with E-state index in [0.717, 1.165) is 19.3 Å². The molecule has 0 spiro atoms. The molecule has 0 bridgehead atoms. The van der Waals surface area contributed by atoms with Crippen molar-refractivity contribution in [1.82, 2.24) is 0 Å². The number of hydrogen-bond donors (Lipinski definition) is 1. The first-order valence-corrected chi connectivity index (χ1v) is 5.95. The smallest absolute Gasteiger partial charge is 0.164 e. The van der Waals surface area contributed by atoms with Gasteiger partial charge in [0, 0.05) is 12.8 Å². The monoisotopic (exact) mass is 210 g/mol. The van der Waals surface area contributed by atoms with Gasteiger partial charge in [0.15, 0.2) is 5.78 Å². The van der Waals surface area contributed by atoms with Crippen LogP contribution in [0.3, 0.4) is 0 Å². The van der Waals surface area contributed by atoms with Gasteiger partial charge in [-0.25, -0.2) is 0 Å². The lowest BCUT2D eigenvalue weighted by atomic mass is 9.83. The highest BCUT2D eigenvalue weighted by Crippen LogP contribution is 2.26. The second-order valence-corrected chi connectivity index (χ2v) is 4.96. The Morgan fingerprint density at radius 3 is 2.73 bits per heavy atom. The topological polar surface area (TPSA) is 37.3 Å². The molecule has 15 heavy (non-hydrogen) atoms. The van der Waals surface area contributed by atoms with Crippen LogP contribution >= 0.6 is 0 Å². The van der Waals surface area contributed by atoms with E-state index < -0.39 is 5.60 Å². The molecule has 0 amide bonds. The third kappa shape index (κ3) is 3.78. The lowest BCUT2D eigenvalue weighted by molar-refractivity contribution is -0.138. The molecule has 86 valence electrons. The minimum absolute atomic E-state index is 0.0347. The summed E-state index contributed by atoms with van der Waals surface area (Å²) in [5, 5.41) is 10.1. The van der Waals surface area contributed by atoms with Crippen LogP contribution in [-0.4, -0.2) is 16.5 Å². The predicted molar refractivity (Wildman–Crippen MR) is 61.6 cm³/mol. The third-order valence-electron chi connectivity index (χ3n) is 3.05. The highest BCUT2D eigenvalue weighted by atomic mass is 16.3. The fraction of sp³-hybridized carbons (Fsp3) is 0.769. The SMILES string of the molecule is CC(C)CCCC(=O)C1(O)CC=CCC1. The number of Topliss-reactive ketones (excluding diaryl/α,β-unsaturated/α-hetero) is 1. The molecule has 0 aromatic heterocycles. The largest absolute Gasteiger partial charge is 0.382 e. The highest BCUT2D eigenvalue weighted by molar-refractivity contribution is 5.87. The summed E-state index contributed by atoms with van der Waals surface area (Å²) < 4.78 is 0. The molecule has 0 saturated heterocycles. The summed E-state index contributed by atoms with van der Waals surface area (Å²) in [4.78, 5) is 11.8. The number of carbonyl (C=O) groups excluding carboxylic acids is 1. The van der Waals surface area contributed by atoms with Crippen molar-refractivity contribution < 1.29 is 9.90 Å². The first-order valence-electron chi connectivity index (χ1n) is 5.95. The summed E-state index contributed by atoms with van der Waals surface area (Å²) >= 11 is 0. The minimum atomic E-state index is -1.05. The van der Waals surface area contributed by atoms with Crippen molar-refractivity contribution in [3.05, 3.63) is 12.2 Å². The Labute approximate surface area is 92.4 Å². The summed E-state index contributed by atoms with van der Waals surface area (Å²) in [6.45, 7) is 4.31. The number of aliphatic hydroxyl groups is 1. The van der Waals surface area contributed by atoms with Crippen molar-refractivity contribution in [2.45, 2.75) is 58.0 Å². The fourth-order valence-electron chi connectivity index (χ4n) is 1.98. The molecule has 1 unspecified atom stereocenters. The van der Waals surface area contributed by atoms with E-state index in [4.69, 9.17) is 0 Å². The molecule has 0 aromatic carbocycles. The van der Waals surface area contributed by atoms with Gasteiger partial charge in [0.05, 0.1) is 0 Å². The van der Waals surface area contributed by atoms with Gasteiger partial charge >= 0.3 is 0 Å². The molecule has 0 aromatic rings. The van der Waals surface area contributed by atoms with Crippen LogP contribution in [0, 0.1) is 5.92 Å². The van der Waals surface area contributed by atoms with Crippen molar-refractivity contribution in [1.29, 1.82) is 0 Å². The maximum Gasteiger partial charge on any atom is 0.164 e. The number of ketones is 1. The Kier molecular flexibility index (Phi) is 4.52. The Hall–Kier alpha value is -0.630. The molecule has 0 heterocycles. The number of carbonyl (C=O) groups is 1. The van der Waals surface area contributed by atoms with Gasteiger partial charge < -0.3 is 5.11 Å². The molecular formula is C13H22O2. The zero-order chi connectivity index (χ0) is 11.3.